The maximum Gasteiger partial charge on any atom is 0.252 e. The standard InChI is InChI=1S/C18H18N2O4/c1-19-18(24)16(15(22)11-21)20-17(23)14-9-7-13(8-10-14)12-5-3-2-4-6-12/h2-10,16,21H,11H2,1H3,(H,19,24)(H,20,23). The summed E-state index contributed by atoms with van der Waals surface area (Å²) in [6, 6.07) is 15.1. The van der Waals surface area contributed by atoms with Crippen molar-refractivity contribution in [3.63, 3.8) is 0 Å². The van der Waals surface area contributed by atoms with Crippen LogP contribution in [0.4, 0.5) is 0 Å². The minimum atomic E-state index is -1.42. The summed E-state index contributed by atoms with van der Waals surface area (Å²) in [5.74, 6) is -2.02. The summed E-state index contributed by atoms with van der Waals surface area (Å²) in [5, 5.41) is 13.5. The van der Waals surface area contributed by atoms with Crippen LogP contribution in [0, 0.1) is 0 Å². The van der Waals surface area contributed by atoms with Gasteiger partial charge in [0.15, 0.2) is 11.8 Å². The first kappa shape index (κ1) is 17.4. The van der Waals surface area contributed by atoms with Gasteiger partial charge in [-0.3, -0.25) is 14.4 Å². The van der Waals surface area contributed by atoms with Crippen molar-refractivity contribution in [3.8, 4) is 11.1 Å². The second kappa shape index (κ2) is 8.03. The number of carbonyl (C=O) groups is 3. The third-order valence-corrected chi connectivity index (χ3v) is 3.52. The molecule has 2 rings (SSSR count). The number of benzene rings is 2. The number of aliphatic hydroxyl groups is 1. The van der Waals surface area contributed by atoms with E-state index in [1.54, 1.807) is 24.3 Å². The molecule has 2 aromatic carbocycles. The van der Waals surface area contributed by atoms with Crippen molar-refractivity contribution < 1.29 is 19.5 Å². The van der Waals surface area contributed by atoms with Gasteiger partial charge in [-0.05, 0) is 23.3 Å². The van der Waals surface area contributed by atoms with Crippen molar-refractivity contribution in [2.24, 2.45) is 0 Å². The molecule has 0 heterocycles. The summed E-state index contributed by atoms with van der Waals surface area (Å²) in [4.78, 5) is 35.5. The molecule has 3 N–H and O–H groups in total. The number of aliphatic hydroxyl groups excluding tert-OH is 1. The summed E-state index contributed by atoms with van der Waals surface area (Å²) in [7, 11) is 1.35. The minimum absolute atomic E-state index is 0.314. The van der Waals surface area contributed by atoms with Crippen molar-refractivity contribution in [1.29, 1.82) is 0 Å². The number of amides is 2. The molecule has 0 aliphatic heterocycles. The first-order valence-electron chi connectivity index (χ1n) is 7.38. The first-order valence-corrected chi connectivity index (χ1v) is 7.38. The number of rotatable bonds is 6. The Labute approximate surface area is 139 Å². The van der Waals surface area contributed by atoms with Crippen molar-refractivity contribution in [3.05, 3.63) is 60.2 Å². The van der Waals surface area contributed by atoms with Crippen LogP contribution in [0.1, 0.15) is 10.4 Å². The van der Waals surface area contributed by atoms with Crippen LogP contribution in [0.2, 0.25) is 0 Å². The Morgan fingerprint density at radius 3 is 2.08 bits per heavy atom. The molecular formula is C18H18N2O4. The van der Waals surface area contributed by atoms with E-state index in [9.17, 15) is 14.4 Å². The zero-order valence-electron chi connectivity index (χ0n) is 13.2. The number of carbonyl (C=O) groups excluding carboxylic acids is 3. The van der Waals surface area contributed by atoms with E-state index in [2.05, 4.69) is 10.6 Å². The Bertz CT molecular complexity index is 710. The zero-order valence-corrected chi connectivity index (χ0v) is 13.2. The van der Waals surface area contributed by atoms with E-state index in [-0.39, 0.29) is 0 Å². The van der Waals surface area contributed by atoms with Crippen LogP contribution in [-0.4, -0.2) is 42.4 Å². The molecule has 0 saturated carbocycles. The molecule has 0 bridgehead atoms. The second-order valence-corrected chi connectivity index (χ2v) is 5.09. The smallest absolute Gasteiger partial charge is 0.252 e. The van der Waals surface area contributed by atoms with Gasteiger partial charge in [-0.2, -0.15) is 0 Å². The highest BCUT2D eigenvalue weighted by Gasteiger charge is 2.27. The van der Waals surface area contributed by atoms with E-state index in [1.807, 2.05) is 30.3 Å². The summed E-state index contributed by atoms with van der Waals surface area (Å²) < 4.78 is 0. The van der Waals surface area contributed by atoms with E-state index in [0.29, 0.717) is 5.56 Å². The molecule has 0 aromatic heterocycles. The van der Waals surface area contributed by atoms with E-state index in [4.69, 9.17) is 5.11 Å². The quantitative estimate of drug-likeness (QED) is 0.683. The molecule has 24 heavy (non-hydrogen) atoms. The Morgan fingerprint density at radius 1 is 0.958 bits per heavy atom. The largest absolute Gasteiger partial charge is 0.388 e. The lowest BCUT2D eigenvalue weighted by Gasteiger charge is -2.15. The third-order valence-electron chi connectivity index (χ3n) is 3.52. The van der Waals surface area contributed by atoms with Crippen LogP contribution in [0.3, 0.4) is 0 Å². The van der Waals surface area contributed by atoms with E-state index < -0.39 is 30.2 Å². The van der Waals surface area contributed by atoms with Gasteiger partial charge in [-0.15, -0.1) is 0 Å². The lowest BCUT2D eigenvalue weighted by molar-refractivity contribution is -0.132. The van der Waals surface area contributed by atoms with Gasteiger partial charge < -0.3 is 15.7 Å². The number of Topliss-reactive ketones (excluding diaryl/α,β-unsaturated/α-hetero) is 1. The van der Waals surface area contributed by atoms with Crippen molar-refractivity contribution >= 4 is 17.6 Å². The molecule has 1 unspecified atom stereocenters. The summed E-state index contributed by atoms with van der Waals surface area (Å²) in [6.45, 7) is -0.828. The Kier molecular flexibility index (Phi) is 5.81. The molecule has 1 atom stereocenters. The molecule has 2 amide bonds. The van der Waals surface area contributed by atoms with E-state index >= 15 is 0 Å². The van der Waals surface area contributed by atoms with E-state index in [1.165, 1.54) is 7.05 Å². The third kappa shape index (κ3) is 4.05. The first-order chi connectivity index (χ1) is 11.6. The molecular weight excluding hydrogens is 308 g/mol. The molecule has 0 fully saturated rings. The number of hydrogen-bond donors (Lipinski definition) is 3. The van der Waals surface area contributed by atoms with Gasteiger partial charge in [-0.25, -0.2) is 0 Å². The SMILES string of the molecule is CNC(=O)C(NC(=O)c1ccc(-c2ccccc2)cc1)C(=O)CO. The predicted molar refractivity (Wildman–Crippen MR) is 89.3 cm³/mol. The van der Waals surface area contributed by atoms with Crippen molar-refractivity contribution in [2.75, 3.05) is 13.7 Å². The second-order valence-electron chi connectivity index (χ2n) is 5.09. The summed E-state index contributed by atoms with van der Waals surface area (Å²) in [5.41, 5.74) is 2.28. The van der Waals surface area contributed by atoms with Crippen LogP contribution in [0.5, 0.6) is 0 Å². The van der Waals surface area contributed by atoms with Gasteiger partial charge in [0.25, 0.3) is 5.91 Å². The molecule has 0 aliphatic rings. The molecule has 0 radical (unpaired) electrons. The van der Waals surface area contributed by atoms with Gasteiger partial charge in [-0.1, -0.05) is 42.5 Å². The summed E-state index contributed by atoms with van der Waals surface area (Å²) in [6.07, 6.45) is 0. The van der Waals surface area contributed by atoms with Gasteiger partial charge >= 0.3 is 0 Å². The van der Waals surface area contributed by atoms with E-state index in [0.717, 1.165) is 11.1 Å². The molecule has 2 aromatic rings. The van der Waals surface area contributed by atoms with Crippen LogP contribution in [-0.2, 0) is 9.59 Å². The fourth-order valence-corrected chi connectivity index (χ4v) is 2.19. The van der Waals surface area contributed by atoms with Gasteiger partial charge in [0.2, 0.25) is 5.91 Å². The van der Waals surface area contributed by atoms with Crippen LogP contribution >= 0.6 is 0 Å². The lowest BCUT2D eigenvalue weighted by atomic mass is 10.0. The minimum Gasteiger partial charge on any atom is -0.388 e. The van der Waals surface area contributed by atoms with Crippen LogP contribution < -0.4 is 10.6 Å². The maximum atomic E-state index is 12.2. The molecule has 124 valence electrons. The Hall–Kier alpha value is -2.99. The summed E-state index contributed by atoms with van der Waals surface area (Å²) >= 11 is 0. The fourth-order valence-electron chi connectivity index (χ4n) is 2.19. The monoisotopic (exact) mass is 326 g/mol. The average molecular weight is 326 g/mol. The lowest BCUT2D eigenvalue weighted by Crippen LogP contribution is -2.51. The molecule has 0 spiro atoms. The fraction of sp³-hybridized carbons (Fsp3) is 0.167. The Morgan fingerprint density at radius 2 is 1.54 bits per heavy atom. The highest BCUT2D eigenvalue weighted by Crippen LogP contribution is 2.19. The number of likely N-dealkylation sites (N-methyl/N-ethyl adjacent to an activating group) is 1. The van der Waals surface area contributed by atoms with Crippen molar-refractivity contribution in [2.45, 2.75) is 6.04 Å². The zero-order chi connectivity index (χ0) is 17.5. The maximum absolute atomic E-state index is 12.2. The number of hydrogen-bond acceptors (Lipinski definition) is 4. The Balaban J connectivity index is 2.14. The highest BCUT2D eigenvalue weighted by atomic mass is 16.3. The van der Waals surface area contributed by atoms with Crippen molar-refractivity contribution in [1.82, 2.24) is 10.6 Å². The highest BCUT2D eigenvalue weighted by molar-refractivity contribution is 6.10. The molecule has 0 saturated heterocycles. The van der Waals surface area contributed by atoms with Gasteiger partial charge in [0.05, 0.1) is 0 Å². The topological polar surface area (TPSA) is 95.5 Å². The van der Waals surface area contributed by atoms with Crippen LogP contribution in [0.15, 0.2) is 54.6 Å². The molecule has 0 aliphatic carbocycles. The molecule has 6 heteroatoms. The number of nitrogens with one attached hydrogen (secondary N) is 2. The predicted octanol–water partition coefficient (Wildman–Crippen LogP) is 0.759. The molecule has 6 nitrogen and oxygen atoms in total. The normalized spacial score (nSPS) is 11.4. The van der Waals surface area contributed by atoms with Gasteiger partial charge in [0, 0.05) is 12.6 Å². The average Bonchev–Trinajstić information content (AvgIpc) is 2.65. The van der Waals surface area contributed by atoms with Crippen LogP contribution in [0.25, 0.3) is 11.1 Å². The van der Waals surface area contributed by atoms with Gasteiger partial charge in [0.1, 0.15) is 6.61 Å². The number of ketones is 1.